The van der Waals surface area contributed by atoms with Gasteiger partial charge in [0.05, 0.1) is 16.0 Å². The maximum absolute atomic E-state index is 12.8. The Morgan fingerprint density at radius 3 is 2.18 bits per heavy atom. The van der Waals surface area contributed by atoms with Crippen LogP contribution in [-0.4, -0.2) is 57.0 Å². The minimum absolute atomic E-state index is 0.0578. The summed E-state index contributed by atoms with van der Waals surface area (Å²) < 4.78 is 32.8. The van der Waals surface area contributed by atoms with Crippen LogP contribution in [0.1, 0.15) is 11.1 Å². The van der Waals surface area contributed by atoms with E-state index in [0.29, 0.717) is 50.6 Å². The minimum Gasteiger partial charge on any atom is -0.491 e. The van der Waals surface area contributed by atoms with Crippen LogP contribution in [0.3, 0.4) is 0 Å². The maximum Gasteiger partial charge on any atom is 0.244 e. The third-order valence-electron chi connectivity index (χ3n) is 4.63. The average Bonchev–Trinajstić information content (AvgIpc) is 2.74. The molecule has 144 valence electrons. The minimum atomic E-state index is -3.68. The second kappa shape index (κ2) is 8.85. The van der Waals surface area contributed by atoms with Gasteiger partial charge in [-0.15, -0.1) is 0 Å². The van der Waals surface area contributed by atoms with Crippen molar-refractivity contribution < 1.29 is 13.2 Å². The molecule has 0 N–H and O–H groups in total. The van der Waals surface area contributed by atoms with Crippen LogP contribution in [-0.2, 0) is 10.0 Å². The predicted octanol–water partition coefficient (Wildman–Crippen LogP) is 1.82. The van der Waals surface area contributed by atoms with Crippen LogP contribution in [0.15, 0.2) is 53.4 Å². The van der Waals surface area contributed by atoms with Crippen LogP contribution in [0, 0.1) is 22.7 Å². The molecule has 7 nitrogen and oxygen atoms in total. The number of sulfonamides is 1. The van der Waals surface area contributed by atoms with Crippen LogP contribution < -0.4 is 4.74 Å². The lowest BCUT2D eigenvalue weighted by Crippen LogP contribution is -2.49. The molecule has 0 unspecified atom stereocenters. The molecule has 1 aliphatic heterocycles. The summed E-state index contributed by atoms with van der Waals surface area (Å²) in [6, 6.07) is 17.4. The largest absolute Gasteiger partial charge is 0.491 e. The molecule has 1 saturated heterocycles. The first-order valence-electron chi connectivity index (χ1n) is 8.90. The van der Waals surface area contributed by atoms with Gasteiger partial charge in [0.1, 0.15) is 24.5 Å². The van der Waals surface area contributed by atoms with E-state index >= 15 is 0 Å². The predicted molar refractivity (Wildman–Crippen MR) is 103 cm³/mol. The van der Waals surface area contributed by atoms with Crippen LogP contribution in [0.25, 0.3) is 0 Å². The molecule has 0 radical (unpaired) electrons. The van der Waals surface area contributed by atoms with E-state index < -0.39 is 10.0 Å². The van der Waals surface area contributed by atoms with E-state index in [9.17, 15) is 13.7 Å². The molecule has 0 aromatic heterocycles. The number of para-hydroxylation sites is 1. The van der Waals surface area contributed by atoms with Crippen LogP contribution in [0.5, 0.6) is 5.75 Å². The number of hydrogen-bond donors (Lipinski definition) is 0. The molecule has 8 heteroatoms. The average molecular weight is 396 g/mol. The molecule has 0 saturated carbocycles. The fourth-order valence-corrected chi connectivity index (χ4v) is 4.65. The van der Waals surface area contributed by atoms with Gasteiger partial charge in [0, 0.05) is 32.7 Å². The monoisotopic (exact) mass is 396 g/mol. The zero-order chi connectivity index (χ0) is 20.0. The third kappa shape index (κ3) is 4.32. The smallest absolute Gasteiger partial charge is 0.244 e. The Morgan fingerprint density at radius 1 is 0.893 bits per heavy atom. The third-order valence-corrected chi connectivity index (χ3v) is 6.59. The van der Waals surface area contributed by atoms with E-state index in [-0.39, 0.29) is 10.5 Å². The molecule has 1 fully saturated rings. The van der Waals surface area contributed by atoms with Gasteiger partial charge in [0.15, 0.2) is 0 Å². The van der Waals surface area contributed by atoms with Crippen molar-refractivity contribution in [1.29, 1.82) is 10.5 Å². The van der Waals surface area contributed by atoms with Gasteiger partial charge in [-0.05, 0) is 24.3 Å². The highest BCUT2D eigenvalue weighted by atomic mass is 32.2. The number of nitriles is 2. The highest BCUT2D eigenvalue weighted by Gasteiger charge is 2.30. The molecule has 2 aromatic rings. The molecular formula is C20H20N4O3S. The summed E-state index contributed by atoms with van der Waals surface area (Å²) >= 11 is 0. The topological polar surface area (TPSA) is 97.4 Å². The molecule has 0 atom stereocenters. The van der Waals surface area contributed by atoms with E-state index in [0.717, 1.165) is 0 Å². The lowest BCUT2D eigenvalue weighted by Gasteiger charge is -2.34. The summed E-state index contributed by atoms with van der Waals surface area (Å²) in [6.45, 7) is 2.94. The van der Waals surface area contributed by atoms with E-state index in [1.54, 1.807) is 30.3 Å². The van der Waals surface area contributed by atoms with Crippen LogP contribution >= 0.6 is 0 Å². The van der Waals surface area contributed by atoms with E-state index in [1.807, 2.05) is 12.1 Å². The second-order valence-corrected chi connectivity index (χ2v) is 8.22. The van der Waals surface area contributed by atoms with Crippen molar-refractivity contribution in [2.24, 2.45) is 0 Å². The highest BCUT2D eigenvalue weighted by molar-refractivity contribution is 7.89. The van der Waals surface area contributed by atoms with Gasteiger partial charge in [0.25, 0.3) is 0 Å². The summed E-state index contributed by atoms with van der Waals surface area (Å²) in [6.07, 6.45) is 0. The first-order chi connectivity index (χ1) is 13.6. The normalized spacial score (nSPS) is 15.5. The molecule has 0 amide bonds. The van der Waals surface area contributed by atoms with Gasteiger partial charge in [0.2, 0.25) is 10.0 Å². The van der Waals surface area contributed by atoms with Crippen LogP contribution in [0.2, 0.25) is 0 Å². The van der Waals surface area contributed by atoms with E-state index in [1.165, 1.54) is 16.4 Å². The lowest BCUT2D eigenvalue weighted by molar-refractivity contribution is 0.158. The van der Waals surface area contributed by atoms with Gasteiger partial charge < -0.3 is 4.74 Å². The van der Waals surface area contributed by atoms with Gasteiger partial charge in [-0.2, -0.15) is 14.8 Å². The fraction of sp³-hybridized carbons (Fsp3) is 0.300. The maximum atomic E-state index is 12.8. The molecule has 28 heavy (non-hydrogen) atoms. The number of piperazine rings is 1. The number of benzene rings is 2. The van der Waals surface area contributed by atoms with Crippen molar-refractivity contribution >= 4 is 10.0 Å². The molecule has 1 heterocycles. The van der Waals surface area contributed by atoms with E-state index in [4.69, 9.17) is 10.00 Å². The number of nitrogens with zero attached hydrogens (tertiary/aromatic N) is 4. The summed E-state index contributed by atoms with van der Waals surface area (Å²) in [5.74, 6) is 0.555. The molecule has 2 aromatic carbocycles. The van der Waals surface area contributed by atoms with Gasteiger partial charge in [-0.25, -0.2) is 8.42 Å². The fourth-order valence-electron chi connectivity index (χ4n) is 3.09. The standard InChI is InChI=1S/C20H20N4O3S/c21-15-17-5-1-3-7-19(17)27-14-13-23-9-11-24(12-10-23)28(25,26)20-8-4-2-6-18(20)16-22/h1-8H,9-14H2. The van der Waals surface area contributed by atoms with Gasteiger partial charge in [-0.1, -0.05) is 24.3 Å². The number of hydrogen-bond acceptors (Lipinski definition) is 6. The summed E-state index contributed by atoms with van der Waals surface area (Å²) in [7, 11) is -3.68. The van der Waals surface area contributed by atoms with Crippen molar-refractivity contribution in [2.75, 3.05) is 39.3 Å². The van der Waals surface area contributed by atoms with Crippen molar-refractivity contribution in [3.63, 3.8) is 0 Å². The summed E-state index contributed by atoms with van der Waals surface area (Å²) in [5.41, 5.74) is 0.657. The number of rotatable bonds is 6. The SMILES string of the molecule is N#Cc1ccccc1OCCN1CCN(S(=O)(=O)c2ccccc2C#N)CC1. The molecule has 0 bridgehead atoms. The Labute approximate surface area is 165 Å². The van der Waals surface area contributed by atoms with Crippen molar-refractivity contribution in [1.82, 2.24) is 9.21 Å². The first kappa shape index (κ1) is 19.8. The van der Waals surface area contributed by atoms with Crippen LogP contribution in [0.4, 0.5) is 0 Å². The Bertz CT molecular complexity index is 1020. The Kier molecular flexibility index (Phi) is 6.27. The molecule has 1 aliphatic rings. The first-order valence-corrected chi connectivity index (χ1v) is 10.3. The lowest BCUT2D eigenvalue weighted by atomic mass is 10.2. The Hall–Kier alpha value is -2.91. The Morgan fingerprint density at radius 2 is 1.50 bits per heavy atom. The summed E-state index contributed by atoms with van der Waals surface area (Å²) in [5, 5.41) is 18.3. The zero-order valence-electron chi connectivity index (χ0n) is 15.3. The van der Waals surface area contributed by atoms with Gasteiger partial charge in [-0.3, -0.25) is 4.90 Å². The molecular weight excluding hydrogens is 376 g/mol. The molecule has 0 aliphatic carbocycles. The van der Waals surface area contributed by atoms with E-state index in [2.05, 4.69) is 11.0 Å². The second-order valence-electron chi connectivity index (χ2n) is 6.31. The zero-order valence-corrected chi connectivity index (χ0v) is 16.1. The van der Waals surface area contributed by atoms with Gasteiger partial charge >= 0.3 is 0 Å². The van der Waals surface area contributed by atoms with Crippen molar-refractivity contribution in [3.8, 4) is 17.9 Å². The molecule has 3 rings (SSSR count). The highest BCUT2D eigenvalue weighted by Crippen LogP contribution is 2.21. The Balaban J connectivity index is 1.55. The molecule has 0 spiro atoms. The number of ether oxygens (including phenoxy) is 1. The quantitative estimate of drug-likeness (QED) is 0.739. The summed E-state index contributed by atoms with van der Waals surface area (Å²) in [4.78, 5) is 2.18. The van der Waals surface area contributed by atoms with Crippen molar-refractivity contribution in [2.45, 2.75) is 4.90 Å². The van der Waals surface area contributed by atoms with Crippen molar-refractivity contribution in [3.05, 3.63) is 59.7 Å².